The Morgan fingerprint density at radius 3 is 1.21 bits per heavy atom. The number of alkyl carbamates (subject to hydrolysis) is 2. The molecule has 0 rings (SSSR count). The first-order valence-corrected chi connectivity index (χ1v) is 18.3. The summed E-state index contributed by atoms with van der Waals surface area (Å²) in [5, 5.41) is 5.27. The van der Waals surface area contributed by atoms with Crippen molar-refractivity contribution in [3.05, 3.63) is 0 Å². The van der Waals surface area contributed by atoms with Crippen molar-refractivity contribution in [3.8, 4) is 0 Å². The van der Waals surface area contributed by atoms with E-state index in [1.807, 2.05) is 27.7 Å². The van der Waals surface area contributed by atoms with Crippen molar-refractivity contribution in [3.63, 3.8) is 0 Å². The van der Waals surface area contributed by atoms with Gasteiger partial charge in [0.25, 0.3) is 0 Å². The summed E-state index contributed by atoms with van der Waals surface area (Å²) in [5.74, 6) is -0.0158. The van der Waals surface area contributed by atoms with Crippen LogP contribution in [0, 0.1) is 5.41 Å². The molecule has 0 unspecified atom stereocenters. The molecule has 0 bridgehead atoms. The third kappa shape index (κ3) is 30.2. The molecule has 0 aromatic rings. The molecular weight excluding hydrogens is 680 g/mol. The number of carbonyl (C=O) groups is 3. The maximum absolute atomic E-state index is 13.6. The van der Waals surface area contributed by atoms with Crippen molar-refractivity contribution in [2.75, 3.05) is 119 Å². The highest BCUT2D eigenvalue weighted by Gasteiger charge is 2.32. The zero-order chi connectivity index (χ0) is 39.5. The van der Waals surface area contributed by atoms with Gasteiger partial charge in [-0.1, -0.05) is 13.8 Å². The first-order chi connectivity index (χ1) is 24.3. The van der Waals surface area contributed by atoms with Crippen molar-refractivity contribution < 1.29 is 57.0 Å². The Morgan fingerprint density at radius 1 is 0.519 bits per heavy atom. The van der Waals surface area contributed by atoms with Crippen LogP contribution < -0.4 is 16.4 Å². The highest BCUT2D eigenvalue weighted by molar-refractivity contribution is 5.82. The molecule has 4 N–H and O–H groups in total. The van der Waals surface area contributed by atoms with Gasteiger partial charge in [0.1, 0.15) is 11.2 Å². The number of nitrogens with two attached hydrogens (primary N) is 1. The summed E-state index contributed by atoms with van der Waals surface area (Å²) in [5.41, 5.74) is 3.57. The lowest BCUT2D eigenvalue weighted by atomic mass is 9.87. The molecule has 0 aliphatic rings. The molecule has 0 aliphatic carbocycles. The third-order valence-corrected chi connectivity index (χ3v) is 6.91. The van der Waals surface area contributed by atoms with Gasteiger partial charge < -0.3 is 63.9 Å². The Bertz CT molecular complexity index is 903. The van der Waals surface area contributed by atoms with Crippen molar-refractivity contribution in [2.45, 2.75) is 92.5 Å². The maximum atomic E-state index is 13.6. The number of rotatable bonds is 30. The van der Waals surface area contributed by atoms with E-state index in [-0.39, 0.29) is 5.91 Å². The van der Waals surface area contributed by atoms with E-state index in [0.717, 1.165) is 0 Å². The third-order valence-electron chi connectivity index (χ3n) is 6.91. The van der Waals surface area contributed by atoms with E-state index < -0.39 is 34.4 Å². The number of nitrogens with one attached hydrogen (secondary N) is 2. The van der Waals surface area contributed by atoms with Crippen molar-refractivity contribution in [1.29, 1.82) is 0 Å². The SMILES string of the molecule is CC(C)(C)OC(=O)NCCOCCOCCOCCN(CCOCCOCCOCCNC(=O)OC(C)(C)C)C(=O)C(C)(C)CCOC(C)(C)CN. The Hall–Kier alpha value is -2.31. The number of hydrogen-bond donors (Lipinski definition) is 3. The molecule has 308 valence electrons. The van der Waals surface area contributed by atoms with E-state index in [2.05, 4.69) is 10.6 Å². The predicted octanol–water partition coefficient (Wildman–Crippen LogP) is 3.13. The average molecular weight is 753 g/mol. The Balaban J connectivity index is 4.39. The number of hydrogen-bond acceptors (Lipinski definition) is 13. The minimum absolute atomic E-state index is 0.0158. The van der Waals surface area contributed by atoms with Gasteiger partial charge >= 0.3 is 12.2 Å². The van der Waals surface area contributed by atoms with Crippen LogP contribution in [0.3, 0.4) is 0 Å². The van der Waals surface area contributed by atoms with Gasteiger partial charge in [0, 0.05) is 44.7 Å². The largest absolute Gasteiger partial charge is 0.444 e. The van der Waals surface area contributed by atoms with Crippen LogP contribution in [0.1, 0.15) is 75.7 Å². The number of carbonyl (C=O) groups excluding carboxylic acids is 3. The summed E-state index contributed by atoms with van der Waals surface area (Å²) >= 11 is 0. The summed E-state index contributed by atoms with van der Waals surface area (Å²) in [4.78, 5) is 38.6. The van der Waals surface area contributed by atoms with Crippen LogP contribution in [-0.4, -0.2) is 158 Å². The molecule has 0 heterocycles. The average Bonchev–Trinajstić information content (AvgIpc) is 3.02. The minimum atomic E-state index is -0.665. The summed E-state index contributed by atoms with van der Waals surface area (Å²) in [6, 6.07) is 0. The summed E-state index contributed by atoms with van der Waals surface area (Å²) in [6.45, 7) is 25.2. The van der Waals surface area contributed by atoms with E-state index in [9.17, 15) is 14.4 Å². The molecule has 3 amide bonds. The summed E-state index contributed by atoms with van der Waals surface area (Å²) < 4.78 is 49.8. The first kappa shape index (κ1) is 49.7. The molecule has 0 aliphatic heterocycles. The molecule has 0 saturated heterocycles. The second-order valence-corrected chi connectivity index (χ2v) is 15.3. The molecule has 0 radical (unpaired) electrons. The smallest absolute Gasteiger partial charge is 0.407 e. The molecule has 52 heavy (non-hydrogen) atoms. The van der Waals surface area contributed by atoms with E-state index >= 15 is 0 Å². The first-order valence-electron chi connectivity index (χ1n) is 18.3. The lowest BCUT2D eigenvalue weighted by molar-refractivity contribution is -0.144. The molecule has 0 aromatic carbocycles. The topological polar surface area (TPSA) is 188 Å². The van der Waals surface area contributed by atoms with E-state index in [1.165, 1.54) is 0 Å². The normalized spacial score (nSPS) is 12.4. The quantitative estimate of drug-likeness (QED) is 0.0910. The zero-order valence-electron chi connectivity index (χ0n) is 33.9. The predicted molar refractivity (Wildman–Crippen MR) is 197 cm³/mol. The van der Waals surface area contributed by atoms with Crippen LogP contribution in [0.5, 0.6) is 0 Å². The number of ether oxygens (including phenoxy) is 9. The Labute approximate surface area is 312 Å². The van der Waals surface area contributed by atoms with Crippen LogP contribution in [-0.2, 0) is 47.4 Å². The summed E-state index contributed by atoms with van der Waals surface area (Å²) in [7, 11) is 0. The van der Waals surface area contributed by atoms with Gasteiger partial charge in [-0.25, -0.2) is 9.59 Å². The van der Waals surface area contributed by atoms with Gasteiger partial charge in [-0.2, -0.15) is 0 Å². The second kappa shape index (κ2) is 27.3. The fourth-order valence-corrected chi connectivity index (χ4v) is 4.00. The molecule has 0 atom stereocenters. The minimum Gasteiger partial charge on any atom is -0.444 e. The van der Waals surface area contributed by atoms with E-state index in [4.69, 9.17) is 48.4 Å². The Morgan fingerprint density at radius 2 is 0.865 bits per heavy atom. The zero-order valence-corrected chi connectivity index (χ0v) is 33.9. The van der Waals surface area contributed by atoms with Gasteiger partial charge in [-0.15, -0.1) is 0 Å². The van der Waals surface area contributed by atoms with Gasteiger partial charge in [-0.3, -0.25) is 4.79 Å². The number of nitrogens with zero attached hydrogens (tertiary/aromatic N) is 1. The molecule has 0 saturated carbocycles. The molecular formula is C36H72N4O12. The van der Waals surface area contributed by atoms with Crippen molar-refractivity contribution >= 4 is 18.1 Å². The van der Waals surface area contributed by atoms with Crippen LogP contribution in [0.15, 0.2) is 0 Å². The van der Waals surface area contributed by atoms with Crippen LogP contribution in [0.25, 0.3) is 0 Å². The molecule has 16 nitrogen and oxygen atoms in total. The lowest BCUT2D eigenvalue weighted by Gasteiger charge is -2.33. The van der Waals surface area contributed by atoms with E-state index in [1.54, 1.807) is 46.4 Å². The molecule has 0 spiro atoms. The van der Waals surface area contributed by atoms with Crippen molar-refractivity contribution in [2.24, 2.45) is 11.1 Å². The monoisotopic (exact) mass is 753 g/mol. The molecule has 0 aromatic heterocycles. The lowest BCUT2D eigenvalue weighted by Crippen LogP contribution is -2.45. The fourth-order valence-electron chi connectivity index (χ4n) is 4.00. The Kier molecular flexibility index (Phi) is 26.1. The fraction of sp³-hybridized carbons (Fsp3) is 0.917. The van der Waals surface area contributed by atoms with Gasteiger partial charge in [0.05, 0.1) is 84.9 Å². The van der Waals surface area contributed by atoms with Gasteiger partial charge in [0.15, 0.2) is 0 Å². The van der Waals surface area contributed by atoms with Crippen LogP contribution in [0.2, 0.25) is 0 Å². The van der Waals surface area contributed by atoms with Crippen LogP contribution in [0.4, 0.5) is 9.59 Å². The second-order valence-electron chi connectivity index (χ2n) is 15.3. The standard InChI is InChI=1S/C36H72N4O12/c1-33(2,3)51-31(42)38-12-17-44-21-25-48-27-23-46-19-14-40(30(41)35(7,8)11-16-50-36(9,10)29-37)15-20-47-24-28-49-26-22-45-18-13-39-32(43)52-34(4,5)6/h11-29,37H2,1-10H3,(H,38,42)(H,39,43). The highest BCUT2D eigenvalue weighted by atomic mass is 16.6. The molecule has 16 heteroatoms. The molecule has 0 fully saturated rings. The number of amides is 3. The highest BCUT2D eigenvalue weighted by Crippen LogP contribution is 2.25. The van der Waals surface area contributed by atoms with Crippen molar-refractivity contribution in [1.82, 2.24) is 15.5 Å². The van der Waals surface area contributed by atoms with E-state index in [0.29, 0.717) is 125 Å². The summed E-state index contributed by atoms with van der Waals surface area (Å²) in [6.07, 6.45) is -0.420. The van der Waals surface area contributed by atoms with Gasteiger partial charge in [-0.05, 0) is 61.8 Å². The van der Waals surface area contributed by atoms with Crippen LogP contribution >= 0.6 is 0 Å². The van der Waals surface area contributed by atoms with Gasteiger partial charge in [0.2, 0.25) is 5.91 Å². The maximum Gasteiger partial charge on any atom is 0.407 e.